The Morgan fingerprint density at radius 1 is 1.61 bits per heavy atom. The lowest BCUT2D eigenvalue weighted by Gasteiger charge is -2.34. The Hall–Kier alpha value is -0.880. The summed E-state index contributed by atoms with van der Waals surface area (Å²) in [4.78, 5) is 14.0. The first-order valence-electron chi connectivity index (χ1n) is 6.21. The third kappa shape index (κ3) is 2.75. The van der Waals surface area contributed by atoms with Crippen LogP contribution in [0.5, 0.6) is 0 Å². The van der Waals surface area contributed by atoms with Crippen molar-refractivity contribution in [1.82, 2.24) is 9.78 Å². The van der Waals surface area contributed by atoms with Gasteiger partial charge in [0.25, 0.3) is 5.56 Å². The zero-order chi connectivity index (χ0) is 13.1. The van der Waals surface area contributed by atoms with Crippen LogP contribution in [0.4, 0.5) is 5.69 Å². The lowest BCUT2D eigenvalue weighted by Crippen LogP contribution is -2.41. The molecule has 18 heavy (non-hydrogen) atoms. The molecule has 1 atom stereocenters. The molecule has 1 aromatic rings. The van der Waals surface area contributed by atoms with Crippen LogP contribution in [0, 0.1) is 0 Å². The minimum absolute atomic E-state index is 0.106. The lowest BCUT2D eigenvalue weighted by molar-refractivity contribution is 0.0526. The topological polar surface area (TPSA) is 47.4 Å². The zero-order valence-electron chi connectivity index (χ0n) is 10.7. The number of hydrogen-bond acceptors (Lipinski definition) is 4. The largest absolute Gasteiger partial charge is 0.377 e. The van der Waals surface area contributed by atoms with Crippen LogP contribution in [0.15, 0.2) is 15.5 Å². The van der Waals surface area contributed by atoms with Crippen molar-refractivity contribution in [3.05, 3.63) is 21.0 Å². The van der Waals surface area contributed by atoms with Crippen molar-refractivity contribution >= 4 is 21.6 Å². The normalized spacial score (nSPS) is 20.2. The van der Waals surface area contributed by atoms with Crippen molar-refractivity contribution < 1.29 is 4.74 Å². The number of aryl methyl sites for hydroxylation is 1. The van der Waals surface area contributed by atoms with Crippen LogP contribution in [-0.2, 0) is 11.8 Å². The third-order valence-corrected chi connectivity index (χ3v) is 3.93. The standard InChI is InChI=1S/C12H18BrN3O2/c1-3-18-9-5-4-6-16(8-9)10-7-14-15(2)12(17)11(10)13/h7,9H,3-6,8H2,1-2H3. The molecule has 1 saturated heterocycles. The van der Waals surface area contributed by atoms with Gasteiger partial charge < -0.3 is 9.64 Å². The highest BCUT2D eigenvalue weighted by atomic mass is 79.9. The SMILES string of the molecule is CCOC1CCCN(c2cnn(C)c(=O)c2Br)C1. The van der Waals surface area contributed by atoms with Gasteiger partial charge in [0.2, 0.25) is 0 Å². The van der Waals surface area contributed by atoms with E-state index < -0.39 is 0 Å². The molecule has 2 rings (SSSR count). The Kier molecular flexibility index (Phi) is 4.40. The van der Waals surface area contributed by atoms with E-state index >= 15 is 0 Å². The molecule has 6 heteroatoms. The minimum Gasteiger partial charge on any atom is -0.377 e. The molecule has 1 unspecified atom stereocenters. The van der Waals surface area contributed by atoms with Crippen molar-refractivity contribution in [2.24, 2.45) is 7.05 Å². The molecule has 0 bridgehead atoms. The number of halogens is 1. The Morgan fingerprint density at radius 3 is 3.11 bits per heavy atom. The molecular formula is C12H18BrN3O2. The Labute approximate surface area is 115 Å². The second-order valence-electron chi connectivity index (χ2n) is 4.44. The molecular weight excluding hydrogens is 298 g/mol. The van der Waals surface area contributed by atoms with Gasteiger partial charge >= 0.3 is 0 Å². The van der Waals surface area contributed by atoms with Crippen molar-refractivity contribution in [2.45, 2.75) is 25.9 Å². The number of nitrogens with zero attached hydrogens (tertiary/aromatic N) is 3. The van der Waals surface area contributed by atoms with Gasteiger partial charge in [-0.1, -0.05) is 0 Å². The van der Waals surface area contributed by atoms with Gasteiger partial charge in [-0.25, -0.2) is 4.68 Å². The monoisotopic (exact) mass is 315 g/mol. The Balaban J connectivity index is 2.21. The van der Waals surface area contributed by atoms with Gasteiger partial charge in [-0.3, -0.25) is 4.79 Å². The number of anilines is 1. The summed E-state index contributed by atoms with van der Waals surface area (Å²) in [5.74, 6) is 0. The first kappa shape index (κ1) is 13.5. The summed E-state index contributed by atoms with van der Waals surface area (Å²) >= 11 is 3.37. The molecule has 1 aliphatic rings. The third-order valence-electron chi connectivity index (χ3n) is 3.18. The molecule has 0 saturated carbocycles. The van der Waals surface area contributed by atoms with E-state index in [1.807, 2.05) is 6.92 Å². The summed E-state index contributed by atoms with van der Waals surface area (Å²) in [5, 5.41) is 4.08. The van der Waals surface area contributed by atoms with Crippen LogP contribution in [0.3, 0.4) is 0 Å². The molecule has 100 valence electrons. The van der Waals surface area contributed by atoms with Gasteiger partial charge in [0, 0.05) is 26.7 Å². The molecule has 1 fully saturated rings. The fourth-order valence-corrected chi connectivity index (χ4v) is 2.86. The minimum atomic E-state index is -0.106. The molecule has 0 aromatic carbocycles. The van der Waals surface area contributed by atoms with E-state index in [0.29, 0.717) is 4.47 Å². The second kappa shape index (κ2) is 5.84. The van der Waals surface area contributed by atoms with E-state index in [-0.39, 0.29) is 11.7 Å². The first-order valence-corrected chi connectivity index (χ1v) is 7.01. The van der Waals surface area contributed by atoms with E-state index in [1.165, 1.54) is 4.68 Å². The second-order valence-corrected chi connectivity index (χ2v) is 5.23. The highest BCUT2D eigenvalue weighted by Gasteiger charge is 2.23. The molecule has 0 N–H and O–H groups in total. The fraction of sp³-hybridized carbons (Fsp3) is 0.667. The molecule has 0 aliphatic carbocycles. The number of piperidine rings is 1. The van der Waals surface area contributed by atoms with Gasteiger partial charge in [-0.05, 0) is 35.7 Å². The highest BCUT2D eigenvalue weighted by Crippen LogP contribution is 2.25. The fourth-order valence-electron chi connectivity index (χ4n) is 2.25. The zero-order valence-corrected chi connectivity index (χ0v) is 12.3. The van der Waals surface area contributed by atoms with Crippen LogP contribution in [-0.4, -0.2) is 35.6 Å². The smallest absolute Gasteiger partial charge is 0.282 e. The Morgan fingerprint density at radius 2 is 2.39 bits per heavy atom. The summed E-state index contributed by atoms with van der Waals surface area (Å²) in [6.07, 6.45) is 4.14. The van der Waals surface area contributed by atoms with Gasteiger partial charge in [0.15, 0.2) is 0 Å². The van der Waals surface area contributed by atoms with Crippen LogP contribution in [0.2, 0.25) is 0 Å². The summed E-state index contributed by atoms with van der Waals surface area (Å²) in [6.45, 7) is 4.50. The average molecular weight is 316 g/mol. The predicted octanol–water partition coefficient (Wildman–Crippen LogP) is 1.55. The van der Waals surface area contributed by atoms with E-state index in [0.717, 1.165) is 38.2 Å². The van der Waals surface area contributed by atoms with E-state index in [9.17, 15) is 4.79 Å². The molecule has 0 radical (unpaired) electrons. The molecule has 1 aliphatic heterocycles. The quantitative estimate of drug-likeness (QED) is 0.849. The molecule has 0 amide bonds. The molecule has 1 aromatic heterocycles. The summed E-state index contributed by atoms with van der Waals surface area (Å²) in [7, 11) is 1.65. The van der Waals surface area contributed by atoms with Gasteiger partial charge in [-0.2, -0.15) is 5.10 Å². The van der Waals surface area contributed by atoms with Crippen molar-refractivity contribution in [3.8, 4) is 0 Å². The summed E-state index contributed by atoms with van der Waals surface area (Å²) in [5.41, 5.74) is 0.758. The first-order chi connectivity index (χ1) is 8.63. The number of aromatic nitrogens is 2. The molecule has 0 spiro atoms. The van der Waals surface area contributed by atoms with Crippen LogP contribution >= 0.6 is 15.9 Å². The maximum atomic E-state index is 11.8. The Bertz CT molecular complexity index is 473. The van der Waals surface area contributed by atoms with Crippen LogP contribution < -0.4 is 10.5 Å². The molecule has 5 nitrogen and oxygen atoms in total. The van der Waals surface area contributed by atoms with Gasteiger partial charge in [-0.15, -0.1) is 0 Å². The highest BCUT2D eigenvalue weighted by molar-refractivity contribution is 9.10. The van der Waals surface area contributed by atoms with Gasteiger partial charge in [0.05, 0.1) is 18.0 Å². The maximum absolute atomic E-state index is 11.8. The van der Waals surface area contributed by atoms with Crippen LogP contribution in [0.25, 0.3) is 0 Å². The van der Waals surface area contributed by atoms with Crippen molar-refractivity contribution in [1.29, 1.82) is 0 Å². The van der Waals surface area contributed by atoms with Crippen molar-refractivity contribution in [3.63, 3.8) is 0 Å². The summed E-state index contributed by atoms with van der Waals surface area (Å²) < 4.78 is 7.58. The van der Waals surface area contributed by atoms with Gasteiger partial charge in [0.1, 0.15) is 4.47 Å². The number of ether oxygens (including phenoxy) is 1. The lowest BCUT2D eigenvalue weighted by atomic mass is 10.1. The van der Waals surface area contributed by atoms with Crippen molar-refractivity contribution in [2.75, 3.05) is 24.6 Å². The van der Waals surface area contributed by atoms with E-state index in [1.54, 1.807) is 13.2 Å². The number of hydrogen-bond donors (Lipinski definition) is 0. The van der Waals surface area contributed by atoms with E-state index in [2.05, 4.69) is 25.9 Å². The average Bonchev–Trinajstić information content (AvgIpc) is 2.37. The summed E-state index contributed by atoms with van der Waals surface area (Å²) in [6, 6.07) is 0. The van der Waals surface area contributed by atoms with Crippen LogP contribution in [0.1, 0.15) is 19.8 Å². The predicted molar refractivity (Wildman–Crippen MR) is 74.0 cm³/mol. The maximum Gasteiger partial charge on any atom is 0.282 e. The number of rotatable bonds is 3. The molecule has 2 heterocycles. The van der Waals surface area contributed by atoms with E-state index in [4.69, 9.17) is 4.74 Å².